The van der Waals surface area contributed by atoms with Crippen molar-refractivity contribution in [3.05, 3.63) is 71.8 Å². The third-order valence-corrected chi connectivity index (χ3v) is 8.64. The second-order valence-electron chi connectivity index (χ2n) is 13.3. The van der Waals surface area contributed by atoms with Crippen molar-refractivity contribution < 1.29 is 52.2 Å². The molecule has 0 aromatic heterocycles. The van der Waals surface area contributed by atoms with Crippen LogP contribution in [0.5, 0.6) is 0 Å². The first kappa shape index (κ1) is 33.5. The molecule has 11 nitrogen and oxygen atoms in total. The van der Waals surface area contributed by atoms with Crippen LogP contribution in [-0.2, 0) is 65.4 Å². The van der Waals surface area contributed by atoms with Crippen LogP contribution in [0.25, 0.3) is 0 Å². The van der Waals surface area contributed by atoms with E-state index in [2.05, 4.69) is 0 Å². The largest absolute Gasteiger partial charge is 0.463 e. The molecule has 5 unspecified atom stereocenters. The van der Waals surface area contributed by atoms with Gasteiger partial charge in [0.1, 0.15) is 43.2 Å². The van der Waals surface area contributed by atoms with Gasteiger partial charge in [0.15, 0.2) is 24.2 Å². The van der Waals surface area contributed by atoms with Crippen LogP contribution < -0.4 is 0 Å². The smallest absolute Gasteiger partial charge is 0.302 e. The van der Waals surface area contributed by atoms with Crippen LogP contribution in [0.3, 0.4) is 0 Å². The molecule has 4 heterocycles. The van der Waals surface area contributed by atoms with Crippen LogP contribution in [0.2, 0.25) is 0 Å². The van der Waals surface area contributed by atoms with Gasteiger partial charge in [-0.3, -0.25) is 4.79 Å². The fourth-order valence-electron chi connectivity index (χ4n) is 6.56. The molecule has 0 spiro atoms. The lowest BCUT2D eigenvalue weighted by atomic mass is 9.91. The molecule has 0 bridgehead atoms. The van der Waals surface area contributed by atoms with Gasteiger partial charge in [-0.05, 0) is 38.8 Å². The summed E-state index contributed by atoms with van der Waals surface area (Å²) >= 11 is 0. The van der Waals surface area contributed by atoms with Gasteiger partial charge in [-0.25, -0.2) is 0 Å². The Balaban J connectivity index is 1.20. The Morgan fingerprint density at radius 1 is 0.674 bits per heavy atom. The molecule has 0 saturated carbocycles. The molecule has 10 atom stereocenters. The summed E-state index contributed by atoms with van der Waals surface area (Å²) in [6.45, 7) is 11.6. The molecule has 4 fully saturated rings. The minimum atomic E-state index is -0.828. The highest BCUT2D eigenvalue weighted by molar-refractivity contribution is 5.65. The summed E-state index contributed by atoms with van der Waals surface area (Å²) in [5, 5.41) is 0. The molecule has 2 aromatic carbocycles. The Hall–Kier alpha value is -2.45. The highest BCUT2D eigenvalue weighted by Crippen LogP contribution is 2.44. The number of hydrogen-bond acceptors (Lipinski definition) is 11. The van der Waals surface area contributed by atoms with Crippen molar-refractivity contribution in [1.82, 2.24) is 0 Å². The molecule has 2 aromatic rings. The number of fused-ring (bicyclic) bond motifs is 3. The van der Waals surface area contributed by atoms with Crippen LogP contribution in [0.4, 0.5) is 0 Å². The average molecular weight is 643 g/mol. The molecule has 252 valence electrons. The van der Waals surface area contributed by atoms with Crippen LogP contribution in [0.15, 0.2) is 60.7 Å². The predicted octanol–water partition coefficient (Wildman–Crippen LogP) is 4.49. The first-order chi connectivity index (χ1) is 22.0. The minimum absolute atomic E-state index is 0.0215. The highest BCUT2D eigenvalue weighted by atomic mass is 16.9. The molecule has 4 aliphatic rings. The van der Waals surface area contributed by atoms with E-state index in [0.717, 1.165) is 11.1 Å². The van der Waals surface area contributed by atoms with E-state index < -0.39 is 72.9 Å². The van der Waals surface area contributed by atoms with E-state index in [1.807, 2.05) is 95.3 Å². The number of rotatable bonds is 11. The molecule has 0 N–H and O–H groups in total. The van der Waals surface area contributed by atoms with E-state index in [-0.39, 0.29) is 19.1 Å². The van der Waals surface area contributed by atoms with Crippen molar-refractivity contribution in [2.45, 2.75) is 122 Å². The summed E-state index contributed by atoms with van der Waals surface area (Å²) < 4.78 is 62.6. The summed E-state index contributed by atoms with van der Waals surface area (Å²) in [4.78, 5) is 11.9. The van der Waals surface area contributed by atoms with E-state index in [1.165, 1.54) is 6.92 Å². The number of ether oxygens (including phenoxy) is 10. The van der Waals surface area contributed by atoms with Gasteiger partial charge in [0.05, 0.1) is 25.9 Å². The first-order valence-electron chi connectivity index (χ1n) is 16.1. The summed E-state index contributed by atoms with van der Waals surface area (Å²) in [6, 6.07) is 19.8. The van der Waals surface area contributed by atoms with Gasteiger partial charge in [0.25, 0.3) is 0 Å². The standard InChI is InChI=1S/C35H46O11/c1-21-27(38-17-23-13-9-7-10-14-23)28(39-18-24-15-11-8-12-16-24)25(19-37-22(2)36)41-32(21)40-20-26-29-30(44-34(3,4)43-29)31-33(42-26)46-35(5,6)45-31/h7-16,21,25-33H,17-20H2,1-6H3/t21?,25?,26?,27-,28+,29+,30+,31?,32?,33+/m1/s1. The van der Waals surface area contributed by atoms with Crippen molar-refractivity contribution in [3.8, 4) is 0 Å². The SMILES string of the molecule is CC(=O)OCC1OC(OCC2O[C@H]3OC(C)(C)OC3[C@H]3OC(C)(C)O[C@@H]23)C(C)[C@@H](OCc2ccccc2)[C@H]1OCc1ccccc1. The van der Waals surface area contributed by atoms with Gasteiger partial charge < -0.3 is 47.4 Å². The number of hydrogen-bond donors (Lipinski definition) is 0. The summed E-state index contributed by atoms with van der Waals surface area (Å²) in [7, 11) is 0. The van der Waals surface area contributed by atoms with Crippen molar-refractivity contribution in [2.75, 3.05) is 13.2 Å². The van der Waals surface area contributed by atoms with Gasteiger partial charge in [0, 0.05) is 12.8 Å². The first-order valence-corrected chi connectivity index (χ1v) is 16.1. The summed E-state index contributed by atoms with van der Waals surface area (Å²) in [5.41, 5.74) is 2.03. The summed E-state index contributed by atoms with van der Waals surface area (Å²) in [5.74, 6) is -2.34. The van der Waals surface area contributed by atoms with Crippen molar-refractivity contribution in [3.63, 3.8) is 0 Å². The van der Waals surface area contributed by atoms with Crippen molar-refractivity contribution in [2.24, 2.45) is 5.92 Å². The Kier molecular flexibility index (Phi) is 10.1. The average Bonchev–Trinajstić information content (AvgIpc) is 3.52. The maximum Gasteiger partial charge on any atom is 0.302 e. The quantitative estimate of drug-likeness (QED) is 0.324. The number of carbonyl (C=O) groups is 1. The molecule has 0 aliphatic carbocycles. The zero-order valence-corrected chi connectivity index (χ0v) is 27.4. The molecule has 11 heteroatoms. The maximum absolute atomic E-state index is 11.9. The van der Waals surface area contributed by atoms with E-state index in [9.17, 15) is 4.79 Å². The van der Waals surface area contributed by atoms with Crippen LogP contribution >= 0.6 is 0 Å². The third kappa shape index (κ3) is 7.81. The van der Waals surface area contributed by atoms with E-state index in [0.29, 0.717) is 13.2 Å². The number of benzene rings is 2. The summed E-state index contributed by atoms with van der Waals surface area (Å²) in [6.07, 6.45) is -4.83. The molecule has 46 heavy (non-hydrogen) atoms. The Morgan fingerprint density at radius 2 is 1.24 bits per heavy atom. The Labute approximate surface area is 270 Å². The van der Waals surface area contributed by atoms with Crippen molar-refractivity contribution >= 4 is 5.97 Å². The molecule has 0 amide bonds. The van der Waals surface area contributed by atoms with Crippen LogP contribution in [0.1, 0.15) is 52.7 Å². The third-order valence-electron chi connectivity index (χ3n) is 8.64. The normalized spacial score (nSPS) is 36.1. The Morgan fingerprint density at radius 3 is 1.87 bits per heavy atom. The topological polar surface area (TPSA) is 109 Å². The van der Waals surface area contributed by atoms with Gasteiger partial charge in [-0.15, -0.1) is 0 Å². The van der Waals surface area contributed by atoms with E-state index >= 15 is 0 Å². The van der Waals surface area contributed by atoms with Crippen molar-refractivity contribution in [1.29, 1.82) is 0 Å². The molecule has 4 aliphatic heterocycles. The number of carbonyl (C=O) groups excluding carboxylic acids is 1. The van der Waals surface area contributed by atoms with Crippen LogP contribution in [-0.4, -0.2) is 86.1 Å². The fraction of sp³-hybridized carbons (Fsp3) is 0.629. The lowest BCUT2D eigenvalue weighted by Gasteiger charge is -2.45. The van der Waals surface area contributed by atoms with E-state index in [4.69, 9.17) is 47.4 Å². The lowest BCUT2D eigenvalue weighted by molar-refractivity contribution is -0.314. The van der Waals surface area contributed by atoms with Gasteiger partial charge >= 0.3 is 5.97 Å². The predicted molar refractivity (Wildman–Crippen MR) is 163 cm³/mol. The number of esters is 1. The highest BCUT2D eigenvalue weighted by Gasteiger charge is 2.61. The minimum Gasteiger partial charge on any atom is -0.463 e. The molecule has 0 radical (unpaired) electrons. The Bertz CT molecular complexity index is 1290. The lowest BCUT2D eigenvalue weighted by Crippen LogP contribution is -2.59. The maximum atomic E-state index is 11.9. The van der Waals surface area contributed by atoms with Gasteiger partial charge in [-0.1, -0.05) is 67.6 Å². The van der Waals surface area contributed by atoms with Gasteiger partial charge in [0.2, 0.25) is 0 Å². The zero-order chi connectivity index (χ0) is 32.5. The molecular formula is C35H46O11. The second kappa shape index (κ2) is 14.0. The fourth-order valence-corrected chi connectivity index (χ4v) is 6.56. The zero-order valence-electron chi connectivity index (χ0n) is 27.4. The van der Waals surface area contributed by atoms with E-state index in [1.54, 1.807) is 0 Å². The second-order valence-corrected chi connectivity index (χ2v) is 13.3. The van der Waals surface area contributed by atoms with Gasteiger partial charge in [-0.2, -0.15) is 0 Å². The molecule has 4 saturated heterocycles. The monoisotopic (exact) mass is 642 g/mol. The molecule has 6 rings (SSSR count). The molecular weight excluding hydrogens is 596 g/mol. The van der Waals surface area contributed by atoms with Crippen LogP contribution in [0, 0.1) is 5.92 Å².